The van der Waals surface area contributed by atoms with Gasteiger partial charge in [-0.2, -0.15) is 0 Å². The largest absolute Gasteiger partial charge is 0.465 e. The zero-order chi connectivity index (χ0) is 22.5. The molecule has 0 bridgehead atoms. The lowest BCUT2D eigenvalue weighted by Gasteiger charge is -2.11. The molecule has 0 unspecified atom stereocenters. The number of hydrogen-bond acceptors (Lipinski definition) is 5. The summed E-state index contributed by atoms with van der Waals surface area (Å²) in [5.74, 6) is -1.23. The normalized spacial score (nSPS) is 10.6. The van der Waals surface area contributed by atoms with E-state index in [4.69, 9.17) is 27.9 Å². The molecule has 0 fully saturated rings. The van der Waals surface area contributed by atoms with Gasteiger partial charge in [0.2, 0.25) is 0 Å². The molecule has 3 rings (SSSR count). The van der Waals surface area contributed by atoms with E-state index in [0.717, 1.165) is 5.56 Å². The fourth-order valence-corrected chi connectivity index (χ4v) is 5.11. The summed E-state index contributed by atoms with van der Waals surface area (Å²) < 4.78 is 4.82. The van der Waals surface area contributed by atoms with Crippen molar-refractivity contribution in [3.05, 3.63) is 85.0 Å². The number of benzene rings is 2. The van der Waals surface area contributed by atoms with Crippen LogP contribution in [-0.2, 0) is 16.5 Å². The number of carbonyl (C=O) groups excluding carboxylic acids is 3. The number of esters is 1. The van der Waals surface area contributed by atoms with Crippen molar-refractivity contribution in [2.24, 2.45) is 0 Å². The van der Waals surface area contributed by atoms with Crippen LogP contribution >= 0.6 is 50.5 Å². The third kappa shape index (κ3) is 5.54. The van der Waals surface area contributed by atoms with Gasteiger partial charge in [-0.05, 0) is 59.0 Å². The van der Waals surface area contributed by atoms with Crippen molar-refractivity contribution in [1.82, 2.24) is 0 Å². The molecule has 0 aliphatic heterocycles. The van der Waals surface area contributed by atoms with Gasteiger partial charge in [-0.25, -0.2) is 4.79 Å². The van der Waals surface area contributed by atoms with E-state index >= 15 is 0 Å². The highest BCUT2D eigenvalue weighted by atomic mass is 79.9. The van der Waals surface area contributed by atoms with Gasteiger partial charge in [-0.15, -0.1) is 11.3 Å². The number of rotatable bonds is 7. The van der Waals surface area contributed by atoms with E-state index in [0.29, 0.717) is 37.1 Å². The van der Waals surface area contributed by atoms with Crippen LogP contribution in [0, 0.1) is 0 Å². The van der Waals surface area contributed by atoms with Crippen molar-refractivity contribution in [1.29, 1.82) is 0 Å². The van der Waals surface area contributed by atoms with E-state index in [-0.39, 0.29) is 23.7 Å². The van der Waals surface area contributed by atoms with E-state index < -0.39 is 5.97 Å². The van der Waals surface area contributed by atoms with Crippen molar-refractivity contribution < 1.29 is 19.1 Å². The Morgan fingerprint density at radius 1 is 1.06 bits per heavy atom. The summed E-state index contributed by atoms with van der Waals surface area (Å²) in [4.78, 5) is 38.2. The topological polar surface area (TPSA) is 72.5 Å². The minimum Gasteiger partial charge on any atom is -0.465 e. The van der Waals surface area contributed by atoms with Crippen LogP contribution in [0.1, 0.15) is 41.5 Å². The van der Waals surface area contributed by atoms with Crippen molar-refractivity contribution in [3.8, 4) is 0 Å². The molecule has 1 heterocycles. The number of carbonyl (C=O) groups is 3. The number of ketones is 1. The smallest absolute Gasteiger partial charge is 0.338 e. The monoisotopic (exact) mass is 539 g/mol. The Hall–Kier alpha value is -2.19. The van der Waals surface area contributed by atoms with Crippen LogP contribution in [0.5, 0.6) is 0 Å². The van der Waals surface area contributed by atoms with Gasteiger partial charge in [0.25, 0.3) is 5.91 Å². The maximum Gasteiger partial charge on any atom is 0.338 e. The summed E-state index contributed by atoms with van der Waals surface area (Å²) in [5.41, 5.74) is 2.28. The maximum absolute atomic E-state index is 12.9. The number of halogens is 3. The fourth-order valence-electron chi connectivity index (χ4n) is 2.84. The van der Waals surface area contributed by atoms with E-state index in [1.807, 2.05) is 5.38 Å². The summed E-state index contributed by atoms with van der Waals surface area (Å²) in [6.07, 6.45) is -0.103. The third-order valence-corrected chi connectivity index (χ3v) is 6.89. The van der Waals surface area contributed by atoms with E-state index in [9.17, 15) is 14.4 Å². The average Bonchev–Trinajstić information content (AvgIpc) is 3.15. The van der Waals surface area contributed by atoms with Gasteiger partial charge in [-0.3, -0.25) is 9.59 Å². The van der Waals surface area contributed by atoms with Crippen LogP contribution in [0.3, 0.4) is 0 Å². The number of nitrogens with one attached hydrogen (secondary N) is 1. The second-order valence-corrected chi connectivity index (χ2v) is 8.72. The molecule has 0 aliphatic carbocycles. The Bertz CT molecular complexity index is 1140. The summed E-state index contributed by atoms with van der Waals surface area (Å²) >= 11 is 16.7. The van der Waals surface area contributed by atoms with Gasteiger partial charge in [0.15, 0.2) is 5.78 Å². The van der Waals surface area contributed by atoms with Crippen LogP contribution in [-0.4, -0.2) is 24.8 Å². The van der Waals surface area contributed by atoms with Gasteiger partial charge in [0, 0.05) is 28.0 Å². The first-order valence-electron chi connectivity index (χ1n) is 8.97. The lowest BCUT2D eigenvalue weighted by molar-refractivity contribution is 0.0599. The third-order valence-electron chi connectivity index (χ3n) is 4.42. The molecule has 1 aromatic heterocycles. The van der Waals surface area contributed by atoms with Crippen molar-refractivity contribution in [2.75, 3.05) is 12.4 Å². The van der Waals surface area contributed by atoms with E-state index in [2.05, 4.69) is 21.2 Å². The predicted molar refractivity (Wildman–Crippen MR) is 127 cm³/mol. The number of anilines is 1. The number of alkyl halides is 1. The Morgan fingerprint density at radius 3 is 2.39 bits per heavy atom. The standard InChI is InChI=1S/C22H16BrCl2NO4S/c1-30-22(29)17-7-2-12(21(28)26-16-5-3-15(24)4-6-16)8-13(17)9-18(27)20-19(25)14(10-23)11-31-20/h2-8,11H,9-10H2,1H3,(H,26,28). The SMILES string of the molecule is COC(=O)c1ccc(C(=O)Nc2ccc(Cl)cc2)cc1CC(=O)c1scc(CBr)c1Cl. The first-order valence-corrected chi connectivity index (χ1v) is 11.7. The molecule has 9 heteroatoms. The Labute approximate surface area is 201 Å². The molecule has 0 aliphatic rings. The minimum absolute atomic E-state index is 0.103. The molecule has 160 valence electrons. The molecule has 5 nitrogen and oxygen atoms in total. The van der Waals surface area contributed by atoms with Crippen molar-refractivity contribution in [3.63, 3.8) is 0 Å². The lowest BCUT2D eigenvalue weighted by Crippen LogP contribution is -2.15. The zero-order valence-corrected chi connectivity index (χ0v) is 20.1. The molecule has 0 spiro atoms. The van der Waals surface area contributed by atoms with Crippen LogP contribution in [0.2, 0.25) is 10.0 Å². The van der Waals surface area contributed by atoms with Gasteiger partial charge in [0.05, 0.1) is 22.6 Å². The molecule has 31 heavy (non-hydrogen) atoms. The summed E-state index contributed by atoms with van der Waals surface area (Å²) in [5, 5.41) is 6.04. The number of hydrogen-bond donors (Lipinski definition) is 1. The van der Waals surface area contributed by atoms with Gasteiger partial charge < -0.3 is 10.1 Å². The van der Waals surface area contributed by atoms with Crippen molar-refractivity contribution >= 4 is 73.8 Å². The Morgan fingerprint density at radius 2 is 1.77 bits per heavy atom. The molecule has 0 radical (unpaired) electrons. The van der Waals surface area contributed by atoms with Gasteiger partial charge in [0.1, 0.15) is 0 Å². The number of Topliss-reactive ketones (excluding diaryl/α,β-unsaturated/α-hetero) is 1. The number of ether oxygens (including phenoxy) is 1. The highest BCUT2D eigenvalue weighted by Crippen LogP contribution is 2.31. The number of thiophene rings is 1. The summed E-state index contributed by atoms with van der Waals surface area (Å²) in [6, 6.07) is 11.2. The summed E-state index contributed by atoms with van der Waals surface area (Å²) in [6.45, 7) is 0. The highest BCUT2D eigenvalue weighted by molar-refractivity contribution is 9.08. The maximum atomic E-state index is 12.9. The van der Waals surface area contributed by atoms with Crippen LogP contribution in [0.25, 0.3) is 0 Å². The minimum atomic E-state index is -0.592. The predicted octanol–water partition coefficient (Wildman–Crippen LogP) is 6.41. The molecular formula is C22H16BrCl2NO4S. The molecular weight excluding hydrogens is 525 g/mol. The Kier molecular flexibility index (Phi) is 7.89. The molecule has 0 saturated carbocycles. The van der Waals surface area contributed by atoms with Crippen LogP contribution in [0.15, 0.2) is 47.8 Å². The quantitative estimate of drug-likeness (QED) is 0.213. The molecule has 1 N–H and O–H groups in total. The number of methoxy groups -OCH3 is 1. The first-order chi connectivity index (χ1) is 14.8. The Balaban J connectivity index is 1.90. The van der Waals surface area contributed by atoms with Gasteiger partial charge >= 0.3 is 5.97 Å². The summed E-state index contributed by atoms with van der Waals surface area (Å²) in [7, 11) is 1.26. The molecule has 1 amide bonds. The lowest BCUT2D eigenvalue weighted by atomic mass is 9.98. The molecule has 2 aromatic carbocycles. The van der Waals surface area contributed by atoms with Crippen molar-refractivity contribution in [2.45, 2.75) is 11.8 Å². The highest BCUT2D eigenvalue weighted by Gasteiger charge is 2.21. The van der Waals surface area contributed by atoms with Crippen LogP contribution in [0.4, 0.5) is 5.69 Å². The average molecular weight is 541 g/mol. The second-order valence-electron chi connectivity index (χ2n) is 6.46. The zero-order valence-electron chi connectivity index (χ0n) is 16.2. The molecule has 0 saturated heterocycles. The fraction of sp³-hybridized carbons (Fsp3) is 0.136. The molecule has 3 aromatic rings. The first kappa shape index (κ1) is 23.5. The van der Waals surface area contributed by atoms with E-state index in [1.165, 1.54) is 36.6 Å². The van der Waals surface area contributed by atoms with E-state index in [1.54, 1.807) is 24.3 Å². The second kappa shape index (κ2) is 10.4. The molecule has 0 atom stereocenters. The number of amides is 1. The van der Waals surface area contributed by atoms with Gasteiger partial charge in [-0.1, -0.05) is 39.1 Å². The van der Waals surface area contributed by atoms with Crippen LogP contribution < -0.4 is 5.32 Å².